The van der Waals surface area contributed by atoms with Crippen LogP contribution in [0, 0.1) is 0 Å². The molecule has 0 atom stereocenters. The van der Waals surface area contributed by atoms with Crippen LogP contribution in [0.25, 0.3) is 11.0 Å². The first-order valence-corrected chi connectivity index (χ1v) is 10.3. The van der Waals surface area contributed by atoms with Crippen molar-refractivity contribution in [2.75, 3.05) is 5.32 Å². The van der Waals surface area contributed by atoms with Crippen molar-refractivity contribution >= 4 is 56.2 Å². The molecule has 0 saturated heterocycles. The minimum atomic E-state index is -0.401. The molecule has 0 saturated carbocycles. The van der Waals surface area contributed by atoms with Gasteiger partial charge in [-0.25, -0.2) is 9.79 Å². The van der Waals surface area contributed by atoms with E-state index in [-0.39, 0.29) is 5.91 Å². The lowest BCUT2D eigenvalue weighted by molar-refractivity contribution is -0.114. The number of aliphatic imine (C=N–C) groups is 1. The van der Waals surface area contributed by atoms with Crippen molar-refractivity contribution in [1.82, 2.24) is 0 Å². The number of rotatable bonds is 3. The Balaban J connectivity index is 1.60. The molecule has 0 aliphatic carbocycles. The van der Waals surface area contributed by atoms with Crippen molar-refractivity contribution in [2.24, 2.45) is 4.99 Å². The fourth-order valence-electron chi connectivity index (χ4n) is 2.86. The van der Waals surface area contributed by atoms with Gasteiger partial charge in [0.15, 0.2) is 0 Å². The zero-order chi connectivity index (χ0) is 18.8. The van der Waals surface area contributed by atoms with Gasteiger partial charge in [0, 0.05) is 41.6 Å². The largest absolute Gasteiger partial charge is 0.423 e. The van der Waals surface area contributed by atoms with Crippen molar-refractivity contribution in [3.63, 3.8) is 0 Å². The number of nitrogens with zero attached hydrogens (tertiary/aromatic N) is 1. The van der Waals surface area contributed by atoms with Crippen molar-refractivity contribution in [2.45, 2.75) is 18.4 Å². The predicted octanol–water partition coefficient (Wildman–Crippen LogP) is 4.92. The summed E-state index contributed by atoms with van der Waals surface area (Å²) in [5.74, 6) is 1.35. The van der Waals surface area contributed by atoms with E-state index in [1.165, 1.54) is 18.6 Å². The Labute approximate surface area is 164 Å². The van der Waals surface area contributed by atoms with Gasteiger partial charge < -0.3 is 9.73 Å². The predicted molar refractivity (Wildman–Crippen MR) is 113 cm³/mol. The molecule has 1 N–H and O–H groups in total. The molecule has 0 spiro atoms. The van der Waals surface area contributed by atoms with Gasteiger partial charge in [0.25, 0.3) is 0 Å². The van der Waals surface area contributed by atoms with Gasteiger partial charge in [-0.2, -0.15) is 0 Å². The topological polar surface area (TPSA) is 71.7 Å². The van der Waals surface area contributed by atoms with E-state index in [1.54, 1.807) is 35.7 Å². The fraction of sp³-hybridized carbons (Fsp3) is 0.150. The number of hydrogen-bond donors (Lipinski definition) is 1. The Bertz CT molecular complexity index is 1120. The number of carbonyl (C=O) groups excluding carboxylic acids is 1. The number of benzene rings is 2. The van der Waals surface area contributed by atoms with Crippen LogP contribution >= 0.6 is 23.5 Å². The summed E-state index contributed by atoms with van der Waals surface area (Å²) < 4.78 is 6.30. The summed E-state index contributed by atoms with van der Waals surface area (Å²) in [5, 5.41) is 3.56. The van der Waals surface area contributed by atoms with Crippen LogP contribution in [0.15, 0.2) is 62.7 Å². The van der Waals surface area contributed by atoms with E-state index in [0.29, 0.717) is 17.0 Å². The van der Waals surface area contributed by atoms with E-state index in [1.807, 2.05) is 24.3 Å². The van der Waals surface area contributed by atoms with Crippen LogP contribution in [0.5, 0.6) is 0 Å². The molecule has 5 nitrogen and oxygen atoms in total. The number of anilines is 1. The molecule has 1 aromatic heterocycles. The Morgan fingerprint density at radius 1 is 1.26 bits per heavy atom. The number of amides is 1. The number of carbonyl (C=O) groups is 1. The van der Waals surface area contributed by atoms with E-state index < -0.39 is 5.63 Å². The SMILES string of the molecule is CC(=O)Nc1ccc2c(CSC3=Nc4ccccc4CS3)cc(=O)oc2c1. The van der Waals surface area contributed by atoms with Crippen LogP contribution in [0.1, 0.15) is 18.1 Å². The standard InChI is InChI=1S/C20H16N2O3S2/c1-12(23)21-15-6-7-16-14(8-19(24)25-18(16)9-15)11-27-20-22-17-5-3-2-4-13(17)10-26-20/h2-9H,10-11H2,1H3,(H,21,23). The molecule has 1 aliphatic heterocycles. The van der Waals surface area contributed by atoms with Crippen molar-refractivity contribution in [3.8, 4) is 0 Å². The molecule has 136 valence electrons. The summed E-state index contributed by atoms with van der Waals surface area (Å²) in [6.07, 6.45) is 0. The summed E-state index contributed by atoms with van der Waals surface area (Å²) in [4.78, 5) is 27.9. The number of nitrogens with one attached hydrogen (secondary N) is 1. The zero-order valence-corrected chi connectivity index (χ0v) is 16.2. The van der Waals surface area contributed by atoms with Crippen LogP contribution in [0.2, 0.25) is 0 Å². The molecule has 0 fully saturated rings. The van der Waals surface area contributed by atoms with Crippen LogP contribution in [-0.4, -0.2) is 10.3 Å². The third-order valence-electron chi connectivity index (χ3n) is 4.06. The summed E-state index contributed by atoms with van der Waals surface area (Å²) in [6, 6.07) is 15.0. The highest BCUT2D eigenvalue weighted by molar-refractivity contribution is 8.38. The lowest BCUT2D eigenvalue weighted by Crippen LogP contribution is -2.06. The molecule has 0 unspecified atom stereocenters. The first-order valence-electron chi connectivity index (χ1n) is 8.35. The Kier molecular flexibility index (Phi) is 5.05. The van der Waals surface area contributed by atoms with Gasteiger partial charge in [0.05, 0.1) is 5.69 Å². The van der Waals surface area contributed by atoms with Gasteiger partial charge in [-0.05, 0) is 29.3 Å². The monoisotopic (exact) mass is 396 g/mol. The third-order valence-corrected chi connectivity index (χ3v) is 6.35. The number of hydrogen-bond acceptors (Lipinski definition) is 6. The summed E-state index contributed by atoms with van der Waals surface area (Å²) in [7, 11) is 0. The second kappa shape index (κ2) is 7.62. The summed E-state index contributed by atoms with van der Waals surface area (Å²) in [5.41, 5.74) is 3.81. The van der Waals surface area contributed by atoms with Gasteiger partial charge in [0.1, 0.15) is 9.96 Å². The van der Waals surface area contributed by atoms with Gasteiger partial charge in [-0.3, -0.25) is 4.79 Å². The Morgan fingerprint density at radius 2 is 2.11 bits per heavy atom. The fourth-order valence-corrected chi connectivity index (χ4v) is 4.91. The average Bonchev–Trinajstić information content (AvgIpc) is 2.65. The second-order valence-electron chi connectivity index (χ2n) is 6.07. The quantitative estimate of drug-likeness (QED) is 0.636. The van der Waals surface area contributed by atoms with Crippen LogP contribution in [-0.2, 0) is 16.3 Å². The molecule has 7 heteroatoms. The van der Waals surface area contributed by atoms with Crippen molar-refractivity contribution < 1.29 is 9.21 Å². The van der Waals surface area contributed by atoms with Gasteiger partial charge in [-0.1, -0.05) is 41.7 Å². The Morgan fingerprint density at radius 3 is 2.96 bits per heavy atom. The summed E-state index contributed by atoms with van der Waals surface area (Å²) >= 11 is 3.32. The van der Waals surface area contributed by atoms with Gasteiger partial charge in [0.2, 0.25) is 5.91 Å². The lowest BCUT2D eigenvalue weighted by Gasteiger charge is -2.14. The van der Waals surface area contributed by atoms with E-state index >= 15 is 0 Å². The molecule has 3 aromatic rings. The lowest BCUT2D eigenvalue weighted by atomic mass is 10.1. The highest BCUT2D eigenvalue weighted by Gasteiger charge is 2.14. The number of fused-ring (bicyclic) bond motifs is 2. The zero-order valence-electron chi connectivity index (χ0n) is 14.5. The van der Waals surface area contributed by atoms with E-state index in [2.05, 4.69) is 11.4 Å². The van der Waals surface area contributed by atoms with E-state index in [0.717, 1.165) is 26.8 Å². The highest BCUT2D eigenvalue weighted by atomic mass is 32.2. The molecule has 0 radical (unpaired) electrons. The molecule has 4 rings (SSSR count). The summed E-state index contributed by atoms with van der Waals surface area (Å²) in [6.45, 7) is 1.44. The van der Waals surface area contributed by atoms with E-state index in [9.17, 15) is 9.59 Å². The smallest absolute Gasteiger partial charge is 0.336 e. The third kappa shape index (κ3) is 4.09. The molecule has 27 heavy (non-hydrogen) atoms. The minimum absolute atomic E-state index is 0.170. The Hall–Kier alpha value is -2.51. The average molecular weight is 396 g/mol. The van der Waals surface area contributed by atoms with Gasteiger partial charge >= 0.3 is 5.63 Å². The van der Waals surface area contributed by atoms with Crippen molar-refractivity contribution in [1.29, 1.82) is 0 Å². The second-order valence-corrected chi connectivity index (χ2v) is 8.25. The molecule has 2 heterocycles. The molecule has 0 bridgehead atoms. The molecule has 1 amide bonds. The molecular weight excluding hydrogens is 380 g/mol. The number of para-hydroxylation sites is 1. The molecule has 1 aliphatic rings. The van der Waals surface area contributed by atoms with E-state index in [4.69, 9.17) is 9.41 Å². The van der Waals surface area contributed by atoms with Gasteiger partial charge in [-0.15, -0.1) is 0 Å². The molecular formula is C20H16N2O3S2. The minimum Gasteiger partial charge on any atom is -0.423 e. The van der Waals surface area contributed by atoms with Crippen LogP contribution < -0.4 is 10.9 Å². The normalized spacial score (nSPS) is 13.1. The maximum absolute atomic E-state index is 12.0. The highest BCUT2D eigenvalue weighted by Crippen LogP contribution is 2.36. The first kappa shape index (κ1) is 17.9. The van der Waals surface area contributed by atoms with Crippen LogP contribution in [0.3, 0.4) is 0 Å². The van der Waals surface area contributed by atoms with Crippen LogP contribution in [0.4, 0.5) is 11.4 Å². The molecule has 2 aromatic carbocycles. The maximum atomic E-state index is 12.0. The maximum Gasteiger partial charge on any atom is 0.336 e. The number of thioether (sulfide) groups is 2. The van der Waals surface area contributed by atoms with Crippen molar-refractivity contribution in [3.05, 3.63) is 70.1 Å². The first-order chi connectivity index (χ1) is 13.1.